The number of nitrogens with one attached hydrogen (secondary N) is 1. The van der Waals surface area contributed by atoms with Crippen molar-refractivity contribution in [3.05, 3.63) is 27.7 Å². The standard InChI is InChI=1S/C13H18BrClN2O2S/c1-16-9-10-4-2-3-7-17(10)20(18,19)11-5-6-13(15)12(14)8-11/h5-6,8,10,16H,2-4,7,9H2,1H3. The first-order valence-electron chi connectivity index (χ1n) is 6.58. The Morgan fingerprint density at radius 2 is 2.20 bits per heavy atom. The molecule has 112 valence electrons. The number of likely N-dealkylation sites (N-methyl/N-ethyl adjacent to an activating group) is 1. The van der Waals surface area contributed by atoms with E-state index in [9.17, 15) is 8.42 Å². The molecule has 0 saturated carbocycles. The van der Waals surface area contributed by atoms with Gasteiger partial charge in [-0.2, -0.15) is 4.31 Å². The fourth-order valence-corrected chi connectivity index (χ4v) is 4.87. The van der Waals surface area contributed by atoms with E-state index in [0.717, 1.165) is 19.3 Å². The van der Waals surface area contributed by atoms with Crippen LogP contribution in [0.5, 0.6) is 0 Å². The lowest BCUT2D eigenvalue weighted by Crippen LogP contribution is -2.47. The topological polar surface area (TPSA) is 49.4 Å². The number of halogens is 2. The molecule has 0 aliphatic carbocycles. The van der Waals surface area contributed by atoms with Gasteiger partial charge in [0.1, 0.15) is 0 Å². The number of benzene rings is 1. The molecule has 1 aromatic carbocycles. The van der Waals surface area contributed by atoms with Crippen molar-refractivity contribution >= 4 is 37.6 Å². The maximum absolute atomic E-state index is 12.8. The van der Waals surface area contributed by atoms with Gasteiger partial charge in [-0.1, -0.05) is 18.0 Å². The summed E-state index contributed by atoms with van der Waals surface area (Å²) < 4.78 is 27.8. The van der Waals surface area contributed by atoms with E-state index in [1.54, 1.807) is 22.5 Å². The summed E-state index contributed by atoms with van der Waals surface area (Å²) in [5, 5.41) is 3.58. The van der Waals surface area contributed by atoms with Crippen molar-refractivity contribution in [3.8, 4) is 0 Å². The molecule has 1 unspecified atom stereocenters. The van der Waals surface area contributed by atoms with Gasteiger partial charge < -0.3 is 5.32 Å². The molecule has 1 saturated heterocycles. The van der Waals surface area contributed by atoms with E-state index in [4.69, 9.17) is 11.6 Å². The second-order valence-corrected chi connectivity index (χ2v) is 8.05. The normalized spacial score (nSPS) is 21.1. The zero-order valence-electron chi connectivity index (χ0n) is 11.3. The van der Waals surface area contributed by atoms with Crippen LogP contribution >= 0.6 is 27.5 Å². The van der Waals surface area contributed by atoms with Crippen molar-refractivity contribution in [1.82, 2.24) is 9.62 Å². The predicted molar refractivity (Wildman–Crippen MR) is 84.6 cm³/mol. The Kier molecular flexibility index (Phi) is 5.48. The summed E-state index contributed by atoms with van der Waals surface area (Å²) in [4.78, 5) is 0.289. The first kappa shape index (κ1) is 16.2. The van der Waals surface area contributed by atoms with Crippen LogP contribution in [0.2, 0.25) is 5.02 Å². The molecule has 0 aromatic heterocycles. The molecular formula is C13H18BrClN2O2S. The van der Waals surface area contributed by atoms with Gasteiger partial charge in [-0.05, 0) is 54.0 Å². The maximum atomic E-state index is 12.8. The lowest BCUT2D eigenvalue weighted by Gasteiger charge is -2.34. The number of hydrogen-bond donors (Lipinski definition) is 1. The molecule has 1 atom stereocenters. The van der Waals surface area contributed by atoms with Crippen LogP contribution in [0, 0.1) is 0 Å². The Morgan fingerprint density at radius 3 is 2.85 bits per heavy atom. The minimum Gasteiger partial charge on any atom is -0.318 e. The molecule has 0 bridgehead atoms. The van der Waals surface area contributed by atoms with E-state index < -0.39 is 10.0 Å². The Bertz CT molecular complexity index is 578. The minimum absolute atomic E-state index is 0.0215. The molecular weight excluding hydrogens is 364 g/mol. The van der Waals surface area contributed by atoms with E-state index in [2.05, 4.69) is 21.2 Å². The first-order valence-corrected chi connectivity index (χ1v) is 9.19. The van der Waals surface area contributed by atoms with Gasteiger partial charge in [0.25, 0.3) is 0 Å². The van der Waals surface area contributed by atoms with Crippen LogP contribution in [-0.2, 0) is 10.0 Å². The average molecular weight is 382 g/mol. The third kappa shape index (κ3) is 3.36. The third-order valence-electron chi connectivity index (χ3n) is 3.51. The fourth-order valence-electron chi connectivity index (χ4n) is 2.50. The smallest absolute Gasteiger partial charge is 0.243 e. The van der Waals surface area contributed by atoms with Crippen molar-refractivity contribution in [2.24, 2.45) is 0 Å². The lowest BCUT2D eigenvalue weighted by molar-refractivity contribution is 0.249. The predicted octanol–water partition coefficient (Wildman–Crippen LogP) is 2.87. The van der Waals surface area contributed by atoms with Crippen LogP contribution in [-0.4, -0.2) is 38.9 Å². The minimum atomic E-state index is -3.47. The number of rotatable bonds is 4. The van der Waals surface area contributed by atoms with Crippen LogP contribution in [0.15, 0.2) is 27.6 Å². The summed E-state index contributed by atoms with van der Waals surface area (Å²) in [7, 11) is -1.62. The highest BCUT2D eigenvalue weighted by atomic mass is 79.9. The maximum Gasteiger partial charge on any atom is 0.243 e. The lowest BCUT2D eigenvalue weighted by atomic mass is 10.1. The van der Waals surface area contributed by atoms with Crippen LogP contribution in [0.3, 0.4) is 0 Å². The highest BCUT2D eigenvalue weighted by Crippen LogP contribution is 2.29. The summed E-state index contributed by atoms with van der Waals surface area (Å²) in [6, 6.07) is 4.76. The molecule has 1 aromatic rings. The van der Waals surface area contributed by atoms with Gasteiger partial charge in [-0.15, -0.1) is 0 Å². The largest absolute Gasteiger partial charge is 0.318 e. The van der Waals surface area contributed by atoms with Crippen molar-refractivity contribution in [3.63, 3.8) is 0 Å². The zero-order valence-corrected chi connectivity index (χ0v) is 14.4. The Hall–Kier alpha value is -0.140. The molecule has 1 fully saturated rings. The van der Waals surface area contributed by atoms with Gasteiger partial charge in [0.05, 0.1) is 9.92 Å². The molecule has 1 N–H and O–H groups in total. The van der Waals surface area contributed by atoms with Gasteiger partial charge >= 0.3 is 0 Å². The summed E-state index contributed by atoms with van der Waals surface area (Å²) in [5.41, 5.74) is 0. The van der Waals surface area contributed by atoms with E-state index in [1.165, 1.54) is 0 Å². The monoisotopic (exact) mass is 380 g/mol. The van der Waals surface area contributed by atoms with Gasteiger partial charge in [-0.25, -0.2) is 8.42 Å². The van der Waals surface area contributed by atoms with Gasteiger partial charge in [0.15, 0.2) is 0 Å². The van der Waals surface area contributed by atoms with Crippen LogP contribution in [0.1, 0.15) is 19.3 Å². The summed E-state index contributed by atoms with van der Waals surface area (Å²) in [6.07, 6.45) is 2.88. The quantitative estimate of drug-likeness (QED) is 0.872. The van der Waals surface area contributed by atoms with Gasteiger partial charge in [-0.3, -0.25) is 0 Å². The van der Waals surface area contributed by atoms with E-state index in [-0.39, 0.29) is 10.9 Å². The number of nitrogens with zero attached hydrogens (tertiary/aromatic N) is 1. The molecule has 4 nitrogen and oxygen atoms in total. The van der Waals surface area contributed by atoms with Crippen LogP contribution in [0.25, 0.3) is 0 Å². The van der Waals surface area contributed by atoms with E-state index >= 15 is 0 Å². The molecule has 20 heavy (non-hydrogen) atoms. The molecule has 2 rings (SSSR count). The van der Waals surface area contributed by atoms with E-state index in [1.807, 2.05) is 7.05 Å². The van der Waals surface area contributed by atoms with Gasteiger partial charge in [0, 0.05) is 23.6 Å². The average Bonchev–Trinajstić information content (AvgIpc) is 2.42. The Balaban J connectivity index is 2.34. The molecule has 0 spiro atoms. The zero-order chi connectivity index (χ0) is 14.8. The molecule has 1 aliphatic heterocycles. The molecule has 1 heterocycles. The van der Waals surface area contributed by atoms with Crippen molar-refractivity contribution < 1.29 is 8.42 Å². The SMILES string of the molecule is CNCC1CCCCN1S(=O)(=O)c1ccc(Cl)c(Br)c1. The second-order valence-electron chi connectivity index (χ2n) is 4.90. The van der Waals surface area contributed by atoms with Crippen molar-refractivity contribution in [2.75, 3.05) is 20.1 Å². The number of hydrogen-bond acceptors (Lipinski definition) is 3. The Labute approximate surface area is 133 Å². The van der Waals surface area contributed by atoms with Crippen molar-refractivity contribution in [1.29, 1.82) is 0 Å². The molecule has 0 radical (unpaired) electrons. The fraction of sp³-hybridized carbons (Fsp3) is 0.538. The highest BCUT2D eigenvalue weighted by molar-refractivity contribution is 9.10. The summed E-state index contributed by atoms with van der Waals surface area (Å²) in [6.45, 7) is 1.25. The Morgan fingerprint density at radius 1 is 1.45 bits per heavy atom. The second kappa shape index (κ2) is 6.75. The van der Waals surface area contributed by atoms with E-state index in [0.29, 0.717) is 22.6 Å². The number of piperidine rings is 1. The van der Waals surface area contributed by atoms with Crippen LogP contribution in [0.4, 0.5) is 0 Å². The molecule has 0 amide bonds. The molecule has 1 aliphatic rings. The summed E-state index contributed by atoms with van der Waals surface area (Å²) >= 11 is 9.21. The van der Waals surface area contributed by atoms with Crippen molar-refractivity contribution in [2.45, 2.75) is 30.2 Å². The molecule has 7 heteroatoms. The third-order valence-corrected chi connectivity index (χ3v) is 6.67. The first-order chi connectivity index (χ1) is 9.46. The number of sulfonamides is 1. The summed E-state index contributed by atoms with van der Waals surface area (Å²) in [5.74, 6) is 0. The highest BCUT2D eigenvalue weighted by Gasteiger charge is 2.33. The van der Waals surface area contributed by atoms with Gasteiger partial charge in [0.2, 0.25) is 10.0 Å². The van der Waals surface area contributed by atoms with Crippen LogP contribution < -0.4 is 5.32 Å².